The first-order valence-electron chi connectivity index (χ1n) is 6.41. The van der Waals surface area contributed by atoms with Crippen LogP contribution in [-0.4, -0.2) is 13.0 Å². The first-order chi connectivity index (χ1) is 9.60. The molecule has 0 bridgehead atoms. The number of amides is 1. The Hall–Kier alpha value is -2.36. The van der Waals surface area contributed by atoms with Gasteiger partial charge in [-0.05, 0) is 48.4 Å². The van der Waals surface area contributed by atoms with E-state index in [9.17, 15) is 9.18 Å². The van der Waals surface area contributed by atoms with E-state index in [-0.39, 0.29) is 11.7 Å². The molecular formula is C16H17FN2O. The number of halogens is 1. The van der Waals surface area contributed by atoms with Gasteiger partial charge in [0.05, 0.1) is 0 Å². The third-order valence-corrected chi connectivity index (χ3v) is 3.10. The Morgan fingerprint density at radius 1 is 1.20 bits per heavy atom. The van der Waals surface area contributed by atoms with Crippen LogP contribution in [0.25, 0.3) is 0 Å². The maximum Gasteiger partial charge on any atom is 0.251 e. The topological polar surface area (TPSA) is 41.1 Å². The van der Waals surface area contributed by atoms with Crippen molar-refractivity contribution in [2.45, 2.75) is 13.5 Å². The number of anilines is 1. The molecule has 0 atom stereocenters. The molecule has 0 heterocycles. The molecule has 1 amide bonds. The van der Waals surface area contributed by atoms with Crippen LogP contribution < -0.4 is 10.6 Å². The highest BCUT2D eigenvalue weighted by atomic mass is 19.1. The molecule has 2 aromatic carbocycles. The maximum absolute atomic E-state index is 13.0. The number of hydrogen-bond acceptors (Lipinski definition) is 2. The molecule has 2 rings (SSSR count). The monoisotopic (exact) mass is 272 g/mol. The third-order valence-electron chi connectivity index (χ3n) is 3.10. The van der Waals surface area contributed by atoms with Gasteiger partial charge in [-0.2, -0.15) is 0 Å². The molecule has 0 saturated carbocycles. The van der Waals surface area contributed by atoms with Gasteiger partial charge in [-0.15, -0.1) is 0 Å². The molecule has 104 valence electrons. The lowest BCUT2D eigenvalue weighted by Gasteiger charge is -2.09. The maximum atomic E-state index is 13.0. The Morgan fingerprint density at radius 2 is 2.00 bits per heavy atom. The van der Waals surface area contributed by atoms with Crippen LogP contribution in [0.3, 0.4) is 0 Å². The fourth-order valence-electron chi connectivity index (χ4n) is 2.02. The molecular weight excluding hydrogens is 255 g/mol. The summed E-state index contributed by atoms with van der Waals surface area (Å²) in [6.07, 6.45) is 0. The lowest BCUT2D eigenvalue weighted by Crippen LogP contribution is -2.22. The molecule has 0 saturated heterocycles. The van der Waals surface area contributed by atoms with Crippen molar-refractivity contribution in [1.29, 1.82) is 0 Å². The zero-order valence-electron chi connectivity index (χ0n) is 11.5. The number of carbonyl (C=O) groups excluding carboxylic acids is 1. The second-order valence-corrected chi connectivity index (χ2v) is 4.59. The Balaban J connectivity index is 2.03. The van der Waals surface area contributed by atoms with Crippen LogP contribution in [0.15, 0.2) is 42.5 Å². The third kappa shape index (κ3) is 3.35. The lowest BCUT2D eigenvalue weighted by molar-refractivity contribution is 0.0951. The minimum Gasteiger partial charge on any atom is -0.388 e. The Labute approximate surface area is 117 Å². The van der Waals surface area contributed by atoms with Gasteiger partial charge in [0.1, 0.15) is 5.82 Å². The summed E-state index contributed by atoms with van der Waals surface area (Å²) in [4.78, 5) is 12.0. The van der Waals surface area contributed by atoms with E-state index in [4.69, 9.17) is 0 Å². The van der Waals surface area contributed by atoms with Crippen molar-refractivity contribution in [3.8, 4) is 0 Å². The van der Waals surface area contributed by atoms with Crippen molar-refractivity contribution in [3.05, 3.63) is 65.0 Å². The van der Waals surface area contributed by atoms with Crippen LogP contribution in [0.5, 0.6) is 0 Å². The number of hydrogen-bond donors (Lipinski definition) is 2. The molecule has 2 N–H and O–H groups in total. The smallest absolute Gasteiger partial charge is 0.251 e. The van der Waals surface area contributed by atoms with Crippen molar-refractivity contribution in [2.75, 3.05) is 12.4 Å². The summed E-state index contributed by atoms with van der Waals surface area (Å²) in [6, 6.07) is 11.7. The standard InChI is InChI=1S/C16H17FN2O/c1-11-8-13(6-7-15(11)18-2)16(20)19-10-12-4-3-5-14(17)9-12/h3-9,18H,10H2,1-2H3,(H,19,20). The zero-order valence-corrected chi connectivity index (χ0v) is 11.5. The normalized spacial score (nSPS) is 10.2. The fourth-order valence-corrected chi connectivity index (χ4v) is 2.02. The predicted molar refractivity (Wildman–Crippen MR) is 78.3 cm³/mol. The summed E-state index contributed by atoms with van der Waals surface area (Å²) in [6.45, 7) is 2.25. The van der Waals surface area contributed by atoms with Crippen LogP contribution in [0, 0.1) is 12.7 Å². The second-order valence-electron chi connectivity index (χ2n) is 4.59. The van der Waals surface area contributed by atoms with E-state index in [0.29, 0.717) is 12.1 Å². The van der Waals surface area contributed by atoms with Crippen LogP contribution in [0.2, 0.25) is 0 Å². The van der Waals surface area contributed by atoms with Gasteiger partial charge in [0.2, 0.25) is 0 Å². The average Bonchev–Trinajstić information content (AvgIpc) is 2.44. The molecule has 3 nitrogen and oxygen atoms in total. The van der Waals surface area contributed by atoms with Gasteiger partial charge in [-0.1, -0.05) is 12.1 Å². The van der Waals surface area contributed by atoms with Crippen LogP contribution in [0.1, 0.15) is 21.5 Å². The van der Waals surface area contributed by atoms with Gasteiger partial charge < -0.3 is 10.6 Å². The Bertz CT molecular complexity index is 626. The van der Waals surface area contributed by atoms with E-state index in [0.717, 1.165) is 16.8 Å². The molecule has 0 aromatic heterocycles. The summed E-state index contributed by atoms with van der Waals surface area (Å²) in [5, 5.41) is 5.83. The highest BCUT2D eigenvalue weighted by Crippen LogP contribution is 2.15. The molecule has 4 heteroatoms. The molecule has 0 aliphatic heterocycles. The quantitative estimate of drug-likeness (QED) is 0.898. The largest absolute Gasteiger partial charge is 0.388 e. The van der Waals surface area contributed by atoms with Crippen molar-refractivity contribution < 1.29 is 9.18 Å². The molecule has 2 aromatic rings. The molecule has 20 heavy (non-hydrogen) atoms. The average molecular weight is 272 g/mol. The SMILES string of the molecule is CNc1ccc(C(=O)NCc2cccc(F)c2)cc1C. The van der Waals surface area contributed by atoms with E-state index in [1.54, 1.807) is 18.2 Å². The fraction of sp³-hybridized carbons (Fsp3) is 0.188. The first-order valence-corrected chi connectivity index (χ1v) is 6.41. The Morgan fingerprint density at radius 3 is 2.65 bits per heavy atom. The Kier molecular flexibility index (Phi) is 4.35. The van der Waals surface area contributed by atoms with Gasteiger partial charge in [0, 0.05) is 24.8 Å². The summed E-state index contributed by atoms with van der Waals surface area (Å²) >= 11 is 0. The predicted octanol–water partition coefficient (Wildman–Crippen LogP) is 3.11. The van der Waals surface area contributed by atoms with Gasteiger partial charge in [-0.3, -0.25) is 4.79 Å². The van der Waals surface area contributed by atoms with Crippen molar-refractivity contribution in [3.63, 3.8) is 0 Å². The van der Waals surface area contributed by atoms with Gasteiger partial charge in [-0.25, -0.2) is 4.39 Å². The minimum absolute atomic E-state index is 0.167. The molecule has 0 spiro atoms. The summed E-state index contributed by atoms with van der Waals surface area (Å²) in [5.41, 5.74) is 3.33. The van der Waals surface area contributed by atoms with Crippen molar-refractivity contribution in [1.82, 2.24) is 5.32 Å². The number of nitrogens with one attached hydrogen (secondary N) is 2. The van der Waals surface area contributed by atoms with Crippen molar-refractivity contribution in [2.24, 2.45) is 0 Å². The van der Waals surface area contributed by atoms with E-state index < -0.39 is 0 Å². The van der Waals surface area contributed by atoms with Crippen LogP contribution in [0.4, 0.5) is 10.1 Å². The van der Waals surface area contributed by atoms with Gasteiger partial charge >= 0.3 is 0 Å². The second kappa shape index (κ2) is 6.19. The minimum atomic E-state index is -0.300. The number of aryl methyl sites for hydroxylation is 1. The molecule has 0 unspecified atom stereocenters. The molecule has 0 fully saturated rings. The van der Waals surface area contributed by atoms with E-state index in [2.05, 4.69) is 10.6 Å². The summed E-state index contributed by atoms with van der Waals surface area (Å²) in [7, 11) is 1.84. The number of benzene rings is 2. The van der Waals surface area contributed by atoms with Gasteiger partial charge in [0.25, 0.3) is 5.91 Å². The number of carbonyl (C=O) groups is 1. The molecule has 0 aliphatic carbocycles. The van der Waals surface area contributed by atoms with E-state index in [1.165, 1.54) is 12.1 Å². The van der Waals surface area contributed by atoms with E-state index in [1.807, 2.05) is 26.1 Å². The van der Waals surface area contributed by atoms with Crippen LogP contribution in [-0.2, 0) is 6.54 Å². The highest BCUT2D eigenvalue weighted by Gasteiger charge is 2.07. The van der Waals surface area contributed by atoms with E-state index >= 15 is 0 Å². The van der Waals surface area contributed by atoms with Gasteiger partial charge in [0.15, 0.2) is 0 Å². The summed E-state index contributed by atoms with van der Waals surface area (Å²) in [5.74, 6) is -0.467. The zero-order chi connectivity index (χ0) is 14.5. The number of rotatable bonds is 4. The lowest BCUT2D eigenvalue weighted by atomic mass is 10.1. The molecule has 0 radical (unpaired) electrons. The van der Waals surface area contributed by atoms with Crippen LogP contribution >= 0.6 is 0 Å². The highest BCUT2D eigenvalue weighted by molar-refractivity contribution is 5.94. The molecule has 0 aliphatic rings. The first kappa shape index (κ1) is 14.1. The van der Waals surface area contributed by atoms with Crippen molar-refractivity contribution >= 4 is 11.6 Å². The summed E-state index contributed by atoms with van der Waals surface area (Å²) < 4.78 is 13.0.